The molecule has 0 saturated heterocycles. The number of nitriles is 1. The van der Waals surface area contributed by atoms with Gasteiger partial charge in [0.25, 0.3) is 0 Å². The van der Waals surface area contributed by atoms with Gasteiger partial charge in [-0.05, 0) is 18.2 Å². The third-order valence-corrected chi connectivity index (χ3v) is 5.97. The van der Waals surface area contributed by atoms with E-state index >= 15 is 0 Å². The molecule has 0 bridgehead atoms. The highest BCUT2D eigenvalue weighted by Gasteiger charge is 2.18. The largest absolute Gasteiger partial charge is 0.382 e. The van der Waals surface area contributed by atoms with Crippen LogP contribution in [0.5, 0.6) is 0 Å². The minimum atomic E-state index is -3.33. The quantitative estimate of drug-likeness (QED) is 0.814. The molecule has 0 aliphatic rings. The lowest BCUT2D eigenvalue weighted by molar-refractivity contribution is 0.446. The molecular weight excluding hydrogens is 348 g/mol. The zero-order valence-corrected chi connectivity index (χ0v) is 15.2. The van der Waals surface area contributed by atoms with Crippen molar-refractivity contribution in [3.63, 3.8) is 0 Å². The lowest BCUT2D eigenvalue weighted by Crippen LogP contribution is -2.34. The number of hydrogen-bond acceptors (Lipinski definition) is 5. The number of pyridine rings is 1. The fraction of sp³-hybridized carbons (Fsp3) is 0.375. The second kappa shape index (κ2) is 7.79. The van der Waals surface area contributed by atoms with E-state index in [-0.39, 0.29) is 12.3 Å². The van der Waals surface area contributed by atoms with Crippen LogP contribution in [0.3, 0.4) is 0 Å². The predicted octanol–water partition coefficient (Wildman–Crippen LogP) is 2.84. The average molecular weight is 367 g/mol. The first-order valence-electron chi connectivity index (χ1n) is 7.63. The normalized spacial score (nSPS) is 11.6. The summed E-state index contributed by atoms with van der Waals surface area (Å²) >= 11 is 6.03. The van der Waals surface area contributed by atoms with Crippen molar-refractivity contribution in [2.75, 3.05) is 30.7 Å². The molecule has 0 aliphatic carbocycles. The fourth-order valence-electron chi connectivity index (χ4n) is 2.49. The van der Waals surface area contributed by atoms with Gasteiger partial charge in [-0.2, -0.15) is 5.26 Å². The van der Waals surface area contributed by atoms with Crippen LogP contribution in [0.4, 0.5) is 5.69 Å². The Morgan fingerprint density at radius 3 is 2.67 bits per heavy atom. The molecule has 0 radical (unpaired) electrons. The van der Waals surface area contributed by atoms with Gasteiger partial charge in [0, 0.05) is 36.2 Å². The summed E-state index contributed by atoms with van der Waals surface area (Å²) < 4.78 is 25.9. The van der Waals surface area contributed by atoms with Gasteiger partial charge in [0.15, 0.2) is 0 Å². The van der Waals surface area contributed by atoms with Crippen LogP contribution >= 0.6 is 11.6 Å². The van der Waals surface area contributed by atoms with E-state index in [9.17, 15) is 13.7 Å². The van der Waals surface area contributed by atoms with Gasteiger partial charge < -0.3 is 5.32 Å². The van der Waals surface area contributed by atoms with Gasteiger partial charge in [0.2, 0.25) is 10.0 Å². The number of nitrogens with one attached hydrogen (secondary N) is 1. The van der Waals surface area contributed by atoms with Crippen molar-refractivity contribution in [3.05, 3.63) is 35.0 Å². The molecular formula is C16H19ClN4O2S. The minimum Gasteiger partial charge on any atom is -0.382 e. The second-order valence-electron chi connectivity index (χ2n) is 5.15. The smallest absolute Gasteiger partial charge is 0.215 e. The molecule has 0 atom stereocenters. The molecule has 1 aromatic heterocycles. The lowest BCUT2D eigenvalue weighted by atomic mass is 10.1. The number of sulfonamides is 1. The van der Waals surface area contributed by atoms with Gasteiger partial charge in [0.1, 0.15) is 6.07 Å². The van der Waals surface area contributed by atoms with Crippen molar-refractivity contribution >= 4 is 38.2 Å². The van der Waals surface area contributed by atoms with Crippen LogP contribution in [-0.2, 0) is 10.0 Å². The summed E-state index contributed by atoms with van der Waals surface area (Å²) in [4.78, 5) is 4.22. The maximum atomic E-state index is 12.2. The summed E-state index contributed by atoms with van der Waals surface area (Å²) in [6, 6.07) is 7.27. The highest BCUT2D eigenvalue weighted by molar-refractivity contribution is 7.89. The van der Waals surface area contributed by atoms with E-state index < -0.39 is 10.0 Å². The van der Waals surface area contributed by atoms with Gasteiger partial charge >= 0.3 is 0 Å². The Morgan fingerprint density at radius 1 is 1.33 bits per heavy atom. The fourth-order valence-corrected chi connectivity index (χ4v) is 4.07. The molecule has 1 heterocycles. The van der Waals surface area contributed by atoms with Crippen LogP contribution in [-0.4, -0.2) is 43.1 Å². The van der Waals surface area contributed by atoms with Crippen LogP contribution in [0.1, 0.15) is 19.4 Å². The lowest BCUT2D eigenvalue weighted by Gasteiger charge is -2.19. The Labute approximate surface area is 147 Å². The van der Waals surface area contributed by atoms with Gasteiger partial charge in [-0.15, -0.1) is 0 Å². The number of nitrogens with zero attached hydrogens (tertiary/aromatic N) is 3. The third kappa shape index (κ3) is 3.96. The number of fused-ring (bicyclic) bond motifs is 1. The van der Waals surface area contributed by atoms with Crippen molar-refractivity contribution in [2.45, 2.75) is 13.8 Å². The summed E-state index contributed by atoms with van der Waals surface area (Å²) in [6.45, 7) is 4.69. The second-order valence-corrected chi connectivity index (χ2v) is 7.67. The van der Waals surface area contributed by atoms with Crippen LogP contribution in [0, 0.1) is 11.3 Å². The number of benzene rings is 1. The zero-order valence-electron chi connectivity index (χ0n) is 13.6. The molecule has 24 heavy (non-hydrogen) atoms. The predicted molar refractivity (Wildman–Crippen MR) is 96.7 cm³/mol. The Balaban J connectivity index is 2.27. The molecule has 6 nitrogen and oxygen atoms in total. The molecule has 0 unspecified atom stereocenters. The van der Waals surface area contributed by atoms with Gasteiger partial charge in [-0.3, -0.25) is 4.98 Å². The van der Waals surface area contributed by atoms with Crippen molar-refractivity contribution in [1.82, 2.24) is 9.29 Å². The Kier molecular flexibility index (Phi) is 5.99. The van der Waals surface area contributed by atoms with E-state index in [0.717, 1.165) is 0 Å². The molecule has 0 aliphatic heterocycles. The number of hydrogen-bond donors (Lipinski definition) is 1. The van der Waals surface area contributed by atoms with Crippen molar-refractivity contribution in [2.24, 2.45) is 0 Å². The minimum absolute atomic E-state index is 0.0517. The number of rotatable bonds is 7. The molecule has 0 amide bonds. The molecule has 2 aromatic rings. The number of aromatic nitrogens is 1. The molecule has 0 spiro atoms. The van der Waals surface area contributed by atoms with Crippen molar-refractivity contribution in [1.29, 1.82) is 5.26 Å². The van der Waals surface area contributed by atoms with Crippen LogP contribution in [0.2, 0.25) is 5.02 Å². The number of halogens is 1. The molecule has 1 N–H and O–H groups in total. The average Bonchev–Trinajstić information content (AvgIpc) is 2.55. The standard InChI is InChI=1S/C16H19ClN4O2S/c1-3-21(4-2)24(22,23)8-7-19-16-12(10-18)11-20-15-6-5-13(17)9-14(15)16/h5-6,9,11H,3-4,7-8H2,1-2H3,(H,19,20). The molecule has 1 aromatic carbocycles. The van der Waals surface area contributed by atoms with E-state index in [4.69, 9.17) is 11.6 Å². The van der Waals surface area contributed by atoms with Crippen LogP contribution in [0.15, 0.2) is 24.4 Å². The van der Waals surface area contributed by atoms with E-state index in [1.165, 1.54) is 10.5 Å². The third-order valence-electron chi connectivity index (χ3n) is 3.71. The SMILES string of the molecule is CCN(CC)S(=O)(=O)CCNc1c(C#N)cnc2ccc(Cl)cc12. The first-order valence-corrected chi connectivity index (χ1v) is 9.61. The van der Waals surface area contributed by atoms with E-state index in [2.05, 4.69) is 16.4 Å². The Hall–Kier alpha value is -1.88. The van der Waals surface area contributed by atoms with Crippen molar-refractivity contribution in [3.8, 4) is 6.07 Å². The number of anilines is 1. The summed E-state index contributed by atoms with van der Waals surface area (Å²) in [6.07, 6.45) is 1.47. The summed E-state index contributed by atoms with van der Waals surface area (Å²) in [5.41, 5.74) is 1.59. The van der Waals surface area contributed by atoms with E-state index in [0.29, 0.717) is 40.3 Å². The topological polar surface area (TPSA) is 86.1 Å². The highest BCUT2D eigenvalue weighted by Crippen LogP contribution is 2.28. The molecule has 0 fully saturated rings. The molecule has 128 valence electrons. The molecule has 8 heteroatoms. The summed E-state index contributed by atoms with van der Waals surface area (Å²) in [7, 11) is -3.33. The van der Waals surface area contributed by atoms with Crippen LogP contribution in [0.25, 0.3) is 10.9 Å². The van der Waals surface area contributed by atoms with E-state index in [1.807, 2.05) is 0 Å². The Morgan fingerprint density at radius 2 is 2.04 bits per heavy atom. The summed E-state index contributed by atoms with van der Waals surface area (Å²) in [5.74, 6) is -0.0517. The zero-order chi connectivity index (χ0) is 17.7. The first kappa shape index (κ1) is 18.5. The summed E-state index contributed by atoms with van der Waals surface area (Å²) in [5, 5.41) is 13.6. The van der Waals surface area contributed by atoms with Crippen LogP contribution < -0.4 is 5.32 Å². The monoisotopic (exact) mass is 366 g/mol. The van der Waals surface area contributed by atoms with Gasteiger partial charge in [-0.1, -0.05) is 25.4 Å². The maximum absolute atomic E-state index is 12.2. The highest BCUT2D eigenvalue weighted by atomic mass is 35.5. The molecule has 0 saturated carbocycles. The van der Waals surface area contributed by atoms with Gasteiger partial charge in [-0.25, -0.2) is 12.7 Å². The van der Waals surface area contributed by atoms with Crippen molar-refractivity contribution < 1.29 is 8.42 Å². The van der Waals surface area contributed by atoms with E-state index in [1.54, 1.807) is 32.0 Å². The Bertz CT molecular complexity index is 874. The molecule has 2 rings (SSSR count). The maximum Gasteiger partial charge on any atom is 0.215 e. The first-order chi connectivity index (χ1) is 11.4. The van der Waals surface area contributed by atoms with Gasteiger partial charge in [0.05, 0.1) is 22.5 Å².